The first-order valence-electron chi connectivity index (χ1n) is 7.47. The molecule has 2 aromatic carbocycles. The van der Waals surface area contributed by atoms with Crippen LogP contribution in [0.5, 0.6) is 0 Å². The van der Waals surface area contributed by atoms with Gasteiger partial charge in [-0.2, -0.15) is 5.26 Å². The molecule has 0 saturated heterocycles. The normalized spacial score (nSPS) is 10.7. The van der Waals surface area contributed by atoms with Gasteiger partial charge in [0.15, 0.2) is 0 Å². The van der Waals surface area contributed by atoms with Gasteiger partial charge in [-0.3, -0.25) is 4.98 Å². The summed E-state index contributed by atoms with van der Waals surface area (Å²) in [7, 11) is 0. The van der Waals surface area contributed by atoms with Crippen molar-refractivity contribution in [1.29, 1.82) is 5.26 Å². The Morgan fingerprint density at radius 3 is 2.62 bits per heavy atom. The number of hydrogen-bond acceptors (Lipinski definition) is 2. The molecule has 0 unspecified atom stereocenters. The predicted molar refractivity (Wildman–Crippen MR) is 96.7 cm³/mol. The Morgan fingerprint density at radius 2 is 1.79 bits per heavy atom. The van der Waals surface area contributed by atoms with Crippen LogP contribution in [0.2, 0.25) is 5.02 Å². The average molecular weight is 330 g/mol. The standard InChI is InChI=1S/C20H12ClN3/c21-18-3-1-2-14(8-18)16-7-17(12-23-11-16)20-9-15-6-13(10-22)4-5-19(15)24-20/h1-9,11-12,24H. The smallest absolute Gasteiger partial charge is 0.0991 e. The molecule has 0 spiro atoms. The molecular weight excluding hydrogens is 318 g/mol. The van der Waals surface area contributed by atoms with Crippen LogP contribution in [-0.4, -0.2) is 9.97 Å². The number of rotatable bonds is 2. The third-order valence-corrected chi connectivity index (χ3v) is 4.19. The predicted octanol–water partition coefficient (Wildman–Crippen LogP) is 5.42. The van der Waals surface area contributed by atoms with Crippen LogP contribution in [0.1, 0.15) is 5.56 Å². The first-order valence-corrected chi connectivity index (χ1v) is 7.85. The number of hydrogen-bond donors (Lipinski definition) is 1. The van der Waals surface area contributed by atoms with Gasteiger partial charge in [0.1, 0.15) is 0 Å². The SMILES string of the molecule is N#Cc1ccc2[nH]c(-c3cncc(-c4cccc(Cl)c4)c3)cc2c1. The van der Waals surface area contributed by atoms with Crippen molar-refractivity contribution in [2.75, 3.05) is 0 Å². The number of fused-ring (bicyclic) bond motifs is 1. The Balaban J connectivity index is 1.80. The van der Waals surface area contributed by atoms with Gasteiger partial charge in [-0.05, 0) is 48.0 Å². The van der Waals surface area contributed by atoms with Crippen molar-refractivity contribution in [3.63, 3.8) is 0 Å². The second-order valence-corrected chi connectivity index (χ2v) is 6.01. The number of nitrogens with zero attached hydrogens (tertiary/aromatic N) is 2. The van der Waals surface area contributed by atoms with Crippen molar-refractivity contribution in [1.82, 2.24) is 9.97 Å². The highest BCUT2D eigenvalue weighted by Gasteiger charge is 2.07. The molecule has 114 valence electrons. The van der Waals surface area contributed by atoms with E-state index in [9.17, 15) is 0 Å². The summed E-state index contributed by atoms with van der Waals surface area (Å²) in [4.78, 5) is 7.73. The van der Waals surface area contributed by atoms with Crippen LogP contribution in [-0.2, 0) is 0 Å². The van der Waals surface area contributed by atoms with E-state index < -0.39 is 0 Å². The van der Waals surface area contributed by atoms with Crippen LogP contribution in [0.25, 0.3) is 33.3 Å². The Kier molecular flexibility index (Phi) is 3.53. The number of benzene rings is 2. The molecule has 0 fully saturated rings. The van der Waals surface area contributed by atoms with Crippen molar-refractivity contribution < 1.29 is 0 Å². The Bertz CT molecular complexity index is 1090. The number of aromatic amines is 1. The van der Waals surface area contributed by atoms with Gasteiger partial charge < -0.3 is 4.98 Å². The second kappa shape index (κ2) is 5.84. The van der Waals surface area contributed by atoms with E-state index in [0.29, 0.717) is 10.6 Å². The van der Waals surface area contributed by atoms with E-state index in [0.717, 1.165) is 33.3 Å². The van der Waals surface area contributed by atoms with Gasteiger partial charge in [0.25, 0.3) is 0 Å². The number of pyridine rings is 1. The Hall–Kier alpha value is -3.09. The lowest BCUT2D eigenvalue weighted by Gasteiger charge is -2.04. The van der Waals surface area contributed by atoms with Crippen LogP contribution >= 0.6 is 11.6 Å². The molecule has 24 heavy (non-hydrogen) atoms. The molecule has 0 radical (unpaired) electrons. The molecule has 0 aliphatic rings. The third-order valence-electron chi connectivity index (χ3n) is 3.96. The van der Waals surface area contributed by atoms with Crippen LogP contribution in [0.3, 0.4) is 0 Å². The molecule has 0 atom stereocenters. The summed E-state index contributed by atoms with van der Waals surface area (Å²) in [5.41, 5.74) is 5.64. The minimum atomic E-state index is 0.652. The fraction of sp³-hybridized carbons (Fsp3) is 0. The maximum Gasteiger partial charge on any atom is 0.0991 e. The zero-order valence-corrected chi connectivity index (χ0v) is 13.4. The topological polar surface area (TPSA) is 52.5 Å². The van der Waals surface area contributed by atoms with Crippen LogP contribution in [0.15, 0.2) is 67.0 Å². The quantitative estimate of drug-likeness (QED) is 0.533. The van der Waals surface area contributed by atoms with Crippen molar-refractivity contribution in [3.05, 3.63) is 77.6 Å². The Labute approximate surface area is 144 Å². The molecule has 2 heterocycles. The molecule has 0 aliphatic carbocycles. The monoisotopic (exact) mass is 329 g/mol. The number of nitriles is 1. The van der Waals surface area contributed by atoms with Crippen LogP contribution in [0.4, 0.5) is 0 Å². The summed E-state index contributed by atoms with van der Waals surface area (Å²) in [6.07, 6.45) is 3.65. The van der Waals surface area contributed by atoms with E-state index in [1.54, 1.807) is 0 Å². The highest BCUT2D eigenvalue weighted by molar-refractivity contribution is 6.30. The summed E-state index contributed by atoms with van der Waals surface area (Å²) in [5, 5.41) is 10.7. The first kappa shape index (κ1) is 14.5. The highest BCUT2D eigenvalue weighted by Crippen LogP contribution is 2.28. The highest BCUT2D eigenvalue weighted by atomic mass is 35.5. The molecular formula is C20H12ClN3. The van der Waals surface area contributed by atoms with Gasteiger partial charge in [-0.25, -0.2) is 0 Å². The van der Waals surface area contributed by atoms with Gasteiger partial charge in [0.05, 0.1) is 11.6 Å². The fourth-order valence-corrected chi connectivity index (χ4v) is 2.96. The maximum absolute atomic E-state index is 9.02. The molecule has 4 heteroatoms. The van der Waals surface area contributed by atoms with Gasteiger partial charge in [-0.1, -0.05) is 23.7 Å². The zero-order chi connectivity index (χ0) is 16.5. The largest absolute Gasteiger partial charge is 0.354 e. The van der Waals surface area contributed by atoms with E-state index in [1.165, 1.54) is 0 Å². The number of aromatic nitrogens is 2. The molecule has 0 saturated carbocycles. The average Bonchev–Trinajstić information content (AvgIpc) is 3.05. The number of nitrogens with one attached hydrogen (secondary N) is 1. The van der Waals surface area contributed by atoms with E-state index in [-0.39, 0.29) is 0 Å². The van der Waals surface area contributed by atoms with Gasteiger partial charge >= 0.3 is 0 Å². The lowest BCUT2D eigenvalue weighted by Crippen LogP contribution is -1.84. The van der Waals surface area contributed by atoms with Crippen molar-refractivity contribution in [2.45, 2.75) is 0 Å². The van der Waals surface area contributed by atoms with E-state index >= 15 is 0 Å². The second-order valence-electron chi connectivity index (χ2n) is 5.57. The first-order chi connectivity index (χ1) is 11.7. The molecule has 4 rings (SSSR count). The maximum atomic E-state index is 9.02. The van der Waals surface area contributed by atoms with E-state index in [2.05, 4.69) is 22.1 Å². The van der Waals surface area contributed by atoms with E-state index in [4.69, 9.17) is 16.9 Å². The summed E-state index contributed by atoms with van der Waals surface area (Å²) in [6.45, 7) is 0. The molecule has 0 amide bonds. The number of halogens is 1. The molecule has 1 N–H and O–H groups in total. The third kappa shape index (κ3) is 2.64. The van der Waals surface area contributed by atoms with Crippen LogP contribution in [0, 0.1) is 11.3 Å². The van der Waals surface area contributed by atoms with Gasteiger partial charge in [-0.15, -0.1) is 0 Å². The van der Waals surface area contributed by atoms with E-state index in [1.807, 2.05) is 60.9 Å². The molecule has 4 aromatic rings. The summed E-state index contributed by atoms with van der Waals surface area (Å²) in [6, 6.07) is 19.6. The van der Waals surface area contributed by atoms with Crippen molar-refractivity contribution >= 4 is 22.5 Å². The molecule has 3 nitrogen and oxygen atoms in total. The molecule has 0 aliphatic heterocycles. The lowest BCUT2D eigenvalue weighted by molar-refractivity contribution is 1.31. The molecule has 2 aromatic heterocycles. The van der Waals surface area contributed by atoms with Crippen LogP contribution < -0.4 is 0 Å². The minimum absolute atomic E-state index is 0.652. The minimum Gasteiger partial charge on any atom is -0.354 e. The van der Waals surface area contributed by atoms with Gasteiger partial charge in [0.2, 0.25) is 0 Å². The molecule has 0 bridgehead atoms. The lowest BCUT2D eigenvalue weighted by atomic mass is 10.0. The fourth-order valence-electron chi connectivity index (χ4n) is 2.77. The van der Waals surface area contributed by atoms with Crippen molar-refractivity contribution in [3.8, 4) is 28.5 Å². The zero-order valence-electron chi connectivity index (χ0n) is 12.6. The Morgan fingerprint density at radius 1 is 0.917 bits per heavy atom. The number of H-pyrrole nitrogens is 1. The van der Waals surface area contributed by atoms with Crippen molar-refractivity contribution in [2.24, 2.45) is 0 Å². The summed E-state index contributed by atoms with van der Waals surface area (Å²) < 4.78 is 0. The summed E-state index contributed by atoms with van der Waals surface area (Å²) in [5.74, 6) is 0. The van der Waals surface area contributed by atoms with Gasteiger partial charge in [0, 0.05) is 45.1 Å². The summed E-state index contributed by atoms with van der Waals surface area (Å²) >= 11 is 6.08.